The molecule has 1 atom stereocenters. The highest BCUT2D eigenvalue weighted by molar-refractivity contribution is 7.89. The van der Waals surface area contributed by atoms with E-state index in [-0.39, 0.29) is 17.9 Å². The number of amides is 3. The summed E-state index contributed by atoms with van der Waals surface area (Å²) in [5.41, 5.74) is 5.80. The Hall–Kier alpha value is -2.29. The predicted octanol–water partition coefficient (Wildman–Crippen LogP) is 3.72. The second-order valence-corrected chi connectivity index (χ2v) is 8.98. The van der Waals surface area contributed by atoms with Crippen LogP contribution in [0, 0.1) is 0 Å². The van der Waals surface area contributed by atoms with Crippen LogP contribution in [-0.2, 0) is 14.8 Å². The van der Waals surface area contributed by atoms with Crippen LogP contribution in [0.3, 0.4) is 0 Å². The summed E-state index contributed by atoms with van der Waals surface area (Å²) in [5, 5.41) is 3.34. The van der Waals surface area contributed by atoms with Gasteiger partial charge in [-0.05, 0) is 48.4 Å². The molecule has 3 amide bonds. The van der Waals surface area contributed by atoms with E-state index >= 15 is 0 Å². The largest absolute Gasteiger partial charge is 0.352 e. The first kappa shape index (κ1) is 23.0. The number of nitrogens with zero attached hydrogens (tertiary/aromatic N) is 1. The van der Waals surface area contributed by atoms with Gasteiger partial charge in [0, 0.05) is 16.6 Å². The van der Waals surface area contributed by atoms with Gasteiger partial charge in [0.15, 0.2) is 0 Å². The van der Waals surface area contributed by atoms with Crippen LogP contribution in [-0.4, -0.2) is 31.2 Å². The first-order valence-electron chi connectivity index (χ1n) is 8.77. The molecule has 0 heterocycles. The molecule has 29 heavy (non-hydrogen) atoms. The molecule has 0 spiro atoms. The Kier molecular flexibility index (Phi) is 7.89. The van der Waals surface area contributed by atoms with Crippen molar-refractivity contribution in [2.24, 2.45) is 5.73 Å². The van der Waals surface area contributed by atoms with Gasteiger partial charge < -0.3 is 11.1 Å². The quantitative estimate of drug-likeness (QED) is 0.628. The highest BCUT2D eigenvalue weighted by Crippen LogP contribution is 2.24. The summed E-state index contributed by atoms with van der Waals surface area (Å²) in [7, 11) is -4.08. The second-order valence-electron chi connectivity index (χ2n) is 6.24. The van der Waals surface area contributed by atoms with Gasteiger partial charge in [0.1, 0.15) is 0 Å². The van der Waals surface area contributed by atoms with Gasteiger partial charge in [-0.25, -0.2) is 17.5 Å². The maximum absolute atomic E-state index is 13.0. The van der Waals surface area contributed by atoms with Crippen molar-refractivity contribution in [2.45, 2.75) is 30.7 Å². The smallest absolute Gasteiger partial charge is 0.312 e. The van der Waals surface area contributed by atoms with Crippen LogP contribution in [0.4, 0.5) is 4.79 Å². The Labute approximate surface area is 179 Å². The molecule has 0 unspecified atom stereocenters. The summed E-state index contributed by atoms with van der Waals surface area (Å²) >= 11 is 11.7. The number of carbonyl (C=O) groups is 2. The van der Waals surface area contributed by atoms with Gasteiger partial charge in [-0.1, -0.05) is 42.3 Å². The molecular weight excluding hydrogens is 437 g/mol. The van der Waals surface area contributed by atoms with Gasteiger partial charge in [-0.2, -0.15) is 0 Å². The summed E-state index contributed by atoms with van der Waals surface area (Å²) in [4.78, 5) is 24.3. The van der Waals surface area contributed by atoms with Crippen molar-refractivity contribution in [1.82, 2.24) is 9.62 Å². The lowest BCUT2D eigenvalue weighted by Crippen LogP contribution is -2.41. The number of nitrogens with one attached hydrogen (secondary N) is 1. The molecule has 156 valence electrons. The lowest BCUT2D eigenvalue weighted by atomic mass is 10.0. The van der Waals surface area contributed by atoms with E-state index in [0.29, 0.717) is 22.0 Å². The van der Waals surface area contributed by atoms with Crippen LogP contribution < -0.4 is 11.1 Å². The molecule has 2 rings (SSSR count). The second kappa shape index (κ2) is 9.96. The molecule has 0 aliphatic carbocycles. The third kappa shape index (κ3) is 6.09. The molecule has 0 aliphatic heterocycles. The van der Waals surface area contributed by atoms with E-state index in [1.54, 1.807) is 31.2 Å². The third-order valence-electron chi connectivity index (χ3n) is 4.07. The van der Waals surface area contributed by atoms with Crippen molar-refractivity contribution in [3.63, 3.8) is 0 Å². The zero-order chi connectivity index (χ0) is 21.6. The van der Waals surface area contributed by atoms with Crippen LogP contribution in [0.1, 0.15) is 31.4 Å². The number of rotatable bonds is 8. The molecule has 3 N–H and O–H groups in total. The topological polar surface area (TPSA) is 110 Å². The number of carbonyl (C=O) groups excluding carboxylic acids is 2. The van der Waals surface area contributed by atoms with Gasteiger partial charge >= 0.3 is 6.03 Å². The van der Waals surface area contributed by atoms with Crippen molar-refractivity contribution in [3.8, 4) is 0 Å². The van der Waals surface area contributed by atoms with Crippen LogP contribution in [0.2, 0.25) is 10.0 Å². The first-order chi connectivity index (χ1) is 13.6. The SMILES string of the molecule is CCCN(C(=O)C[C@H](NC(N)=O)c1ccc(Cl)cc1)S(=O)(=O)c1ccc(Cl)cc1. The number of urea groups is 1. The fourth-order valence-corrected chi connectivity index (χ4v) is 4.46. The number of halogens is 2. The highest BCUT2D eigenvalue weighted by atomic mass is 35.5. The number of nitrogens with two attached hydrogens (primary N) is 1. The summed E-state index contributed by atoms with van der Waals surface area (Å²) in [5.74, 6) is -0.671. The average molecular weight is 458 g/mol. The fraction of sp³-hybridized carbons (Fsp3) is 0.263. The summed E-state index contributed by atoms with van der Waals surface area (Å²) < 4.78 is 26.8. The molecule has 0 aliphatic rings. The number of hydrogen-bond acceptors (Lipinski definition) is 4. The minimum absolute atomic E-state index is 0.00625. The van der Waals surface area contributed by atoms with E-state index in [1.165, 1.54) is 24.3 Å². The van der Waals surface area contributed by atoms with E-state index in [9.17, 15) is 18.0 Å². The van der Waals surface area contributed by atoms with Crippen molar-refractivity contribution in [1.29, 1.82) is 0 Å². The van der Waals surface area contributed by atoms with Crippen LogP contribution in [0.15, 0.2) is 53.4 Å². The normalized spacial score (nSPS) is 12.2. The Morgan fingerprint density at radius 1 is 1.03 bits per heavy atom. The molecule has 0 fully saturated rings. The minimum Gasteiger partial charge on any atom is -0.352 e. The zero-order valence-corrected chi connectivity index (χ0v) is 18.0. The lowest BCUT2D eigenvalue weighted by molar-refractivity contribution is -0.127. The third-order valence-corrected chi connectivity index (χ3v) is 6.41. The molecular formula is C19H21Cl2N3O4S. The van der Waals surface area contributed by atoms with E-state index in [4.69, 9.17) is 28.9 Å². The van der Waals surface area contributed by atoms with Crippen molar-refractivity contribution in [3.05, 3.63) is 64.1 Å². The predicted molar refractivity (Wildman–Crippen MR) is 112 cm³/mol. The van der Waals surface area contributed by atoms with Gasteiger partial charge in [0.25, 0.3) is 10.0 Å². The Bertz CT molecular complexity index is 964. The average Bonchev–Trinajstić information content (AvgIpc) is 2.66. The molecule has 0 bridgehead atoms. The van der Waals surface area contributed by atoms with Crippen LogP contribution in [0.25, 0.3) is 0 Å². The maximum atomic E-state index is 13.0. The number of primary amides is 1. The minimum atomic E-state index is -4.08. The summed E-state index contributed by atoms with van der Waals surface area (Å²) in [6.07, 6.45) is 0.130. The van der Waals surface area contributed by atoms with Crippen LogP contribution in [0.5, 0.6) is 0 Å². The molecule has 0 radical (unpaired) electrons. The first-order valence-corrected chi connectivity index (χ1v) is 11.0. The standard InChI is InChI=1S/C19H21Cl2N3O4S/c1-2-11-24(29(27,28)16-9-7-15(21)8-10-16)18(25)12-17(23-19(22)26)13-3-5-14(20)6-4-13/h3-10,17H,2,11-12H2,1H3,(H3,22,23,26)/t17-/m0/s1. The Morgan fingerprint density at radius 2 is 1.55 bits per heavy atom. The Morgan fingerprint density at radius 3 is 2.03 bits per heavy atom. The molecule has 0 saturated carbocycles. The highest BCUT2D eigenvalue weighted by Gasteiger charge is 2.30. The van der Waals surface area contributed by atoms with E-state index in [0.717, 1.165) is 4.31 Å². The van der Waals surface area contributed by atoms with E-state index in [2.05, 4.69) is 5.32 Å². The molecule has 0 saturated heterocycles. The molecule has 2 aromatic rings. The monoisotopic (exact) mass is 457 g/mol. The summed E-state index contributed by atoms with van der Waals surface area (Å²) in [6.45, 7) is 1.75. The fourth-order valence-electron chi connectivity index (χ4n) is 2.71. The molecule has 0 aromatic heterocycles. The van der Waals surface area contributed by atoms with Crippen molar-refractivity contribution >= 4 is 45.2 Å². The van der Waals surface area contributed by atoms with Crippen molar-refractivity contribution in [2.75, 3.05) is 6.54 Å². The molecule has 7 nitrogen and oxygen atoms in total. The van der Waals surface area contributed by atoms with Crippen molar-refractivity contribution < 1.29 is 18.0 Å². The van der Waals surface area contributed by atoms with Crippen LogP contribution >= 0.6 is 23.2 Å². The number of sulfonamides is 1. The Balaban J connectivity index is 2.33. The van der Waals surface area contributed by atoms with E-state index < -0.39 is 28.0 Å². The lowest BCUT2D eigenvalue weighted by Gasteiger charge is -2.25. The van der Waals surface area contributed by atoms with E-state index in [1.807, 2.05) is 0 Å². The maximum Gasteiger partial charge on any atom is 0.312 e. The van der Waals surface area contributed by atoms with Gasteiger partial charge in [0.05, 0.1) is 17.4 Å². The molecule has 2 aromatic carbocycles. The number of benzene rings is 2. The van der Waals surface area contributed by atoms with Gasteiger partial charge in [-0.3, -0.25) is 4.79 Å². The zero-order valence-electron chi connectivity index (χ0n) is 15.6. The van der Waals surface area contributed by atoms with Gasteiger partial charge in [0.2, 0.25) is 5.91 Å². The summed E-state index contributed by atoms with van der Waals surface area (Å²) in [6, 6.07) is 10.4. The number of hydrogen-bond donors (Lipinski definition) is 2. The molecule has 10 heteroatoms. The van der Waals surface area contributed by atoms with Gasteiger partial charge in [-0.15, -0.1) is 0 Å².